The van der Waals surface area contributed by atoms with E-state index in [0.717, 1.165) is 52.8 Å². The van der Waals surface area contributed by atoms with E-state index in [1.807, 2.05) is 19.2 Å². The number of aryl methyl sites for hydroxylation is 1. The largest absolute Gasteiger partial charge is 0.465 e. The lowest BCUT2D eigenvalue weighted by atomic mass is 10.2. The highest BCUT2D eigenvalue weighted by Crippen LogP contribution is 2.34. The predicted molar refractivity (Wildman–Crippen MR) is 98.2 cm³/mol. The summed E-state index contributed by atoms with van der Waals surface area (Å²) in [6.07, 6.45) is 4.18. The van der Waals surface area contributed by atoms with Crippen LogP contribution in [0.15, 0.2) is 24.4 Å². The molecule has 0 radical (unpaired) electrons. The number of carbonyl (C=O) groups excluding carboxylic acids is 1. The number of carbonyl (C=O) groups is 1. The molecule has 3 aromatic rings. The van der Waals surface area contributed by atoms with Crippen LogP contribution in [0.1, 0.15) is 28.1 Å². The van der Waals surface area contributed by atoms with E-state index in [0.29, 0.717) is 11.1 Å². The van der Waals surface area contributed by atoms with Gasteiger partial charge in [-0.1, -0.05) is 0 Å². The number of hydrogen-bond donors (Lipinski definition) is 0. The SMILES string of the molecule is COC(=O)c1ccc2nc(N3CCCC3)c(-c3ncc(C)s3)nc2c1. The quantitative estimate of drug-likeness (QED) is 0.671. The van der Waals surface area contributed by atoms with Gasteiger partial charge in [0.05, 0.1) is 23.7 Å². The number of aromatic nitrogens is 3. The number of hydrogen-bond acceptors (Lipinski definition) is 7. The first-order chi connectivity index (χ1) is 12.2. The van der Waals surface area contributed by atoms with Gasteiger partial charge in [-0.15, -0.1) is 11.3 Å². The summed E-state index contributed by atoms with van der Waals surface area (Å²) in [6.45, 7) is 4.00. The summed E-state index contributed by atoms with van der Waals surface area (Å²) >= 11 is 1.61. The standard InChI is InChI=1S/C18H18N4O2S/c1-11-10-19-17(25-11)15-16(22-7-3-4-8-22)21-13-6-5-12(18(23)24-2)9-14(13)20-15/h5-6,9-10H,3-4,7-8H2,1-2H3. The number of rotatable bonds is 3. The van der Waals surface area contributed by atoms with Crippen LogP contribution in [0.2, 0.25) is 0 Å². The van der Waals surface area contributed by atoms with Gasteiger partial charge in [-0.3, -0.25) is 0 Å². The summed E-state index contributed by atoms with van der Waals surface area (Å²) in [7, 11) is 1.37. The van der Waals surface area contributed by atoms with Crippen molar-refractivity contribution >= 4 is 34.2 Å². The topological polar surface area (TPSA) is 68.2 Å². The van der Waals surface area contributed by atoms with Crippen molar-refractivity contribution in [3.8, 4) is 10.7 Å². The molecule has 1 aliphatic rings. The molecule has 1 aliphatic heterocycles. The van der Waals surface area contributed by atoms with E-state index in [9.17, 15) is 4.79 Å². The van der Waals surface area contributed by atoms with E-state index in [4.69, 9.17) is 14.7 Å². The number of ether oxygens (including phenoxy) is 1. The van der Waals surface area contributed by atoms with Gasteiger partial charge in [0.1, 0.15) is 10.7 Å². The van der Waals surface area contributed by atoms with Gasteiger partial charge in [0.2, 0.25) is 0 Å². The Labute approximate surface area is 149 Å². The molecule has 0 aliphatic carbocycles. The number of anilines is 1. The fourth-order valence-corrected chi connectivity index (χ4v) is 3.80. The summed E-state index contributed by atoms with van der Waals surface area (Å²) in [5, 5.41) is 0.859. The van der Waals surface area contributed by atoms with Gasteiger partial charge in [-0.25, -0.2) is 19.7 Å². The van der Waals surface area contributed by atoms with Crippen LogP contribution in [0.5, 0.6) is 0 Å². The number of nitrogens with zero attached hydrogens (tertiary/aromatic N) is 4. The third-order valence-electron chi connectivity index (χ3n) is 4.30. The molecule has 1 aromatic carbocycles. The molecule has 0 amide bonds. The van der Waals surface area contributed by atoms with Crippen molar-refractivity contribution in [1.82, 2.24) is 15.0 Å². The van der Waals surface area contributed by atoms with Gasteiger partial charge >= 0.3 is 5.97 Å². The summed E-state index contributed by atoms with van der Waals surface area (Å²) in [5.41, 5.74) is 2.70. The van der Waals surface area contributed by atoms with Crippen LogP contribution in [0, 0.1) is 6.92 Å². The Kier molecular flexibility index (Phi) is 4.09. The van der Waals surface area contributed by atoms with Crippen molar-refractivity contribution in [2.24, 2.45) is 0 Å². The van der Waals surface area contributed by atoms with Gasteiger partial charge in [-0.05, 0) is 38.0 Å². The lowest BCUT2D eigenvalue weighted by molar-refractivity contribution is 0.0601. The van der Waals surface area contributed by atoms with Crippen LogP contribution in [-0.2, 0) is 4.74 Å². The third kappa shape index (κ3) is 2.95. The van der Waals surface area contributed by atoms with Gasteiger partial charge in [0.25, 0.3) is 0 Å². The van der Waals surface area contributed by atoms with Crippen LogP contribution >= 0.6 is 11.3 Å². The molecule has 2 aromatic heterocycles. The molecule has 0 atom stereocenters. The van der Waals surface area contributed by atoms with Crippen LogP contribution < -0.4 is 4.90 Å². The Morgan fingerprint density at radius 3 is 2.68 bits per heavy atom. The number of thiazole rings is 1. The fraction of sp³-hybridized carbons (Fsp3) is 0.333. The van der Waals surface area contributed by atoms with E-state index in [1.54, 1.807) is 23.5 Å². The lowest BCUT2D eigenvalue weighted by Crippen LogP contribution is -2.20. The Morgan fingerprint density at radius 2 is 2.00 bits per heavy atom. The minimum Gasteiger partial charge on any atom is -0.465 e. The molecule has 3 heterocycles. The Morgan fingerprint density at radius 1 is 1.20 bits per heavy atom. The Hall–Kier alpha value is -2.54. The first-order valence-electron chi connectivity index (χ1n) is 8.23. The minimum absolute atomic E-state index is 0.376. The monoisotopic (exact) mass is 354 g/mol. The Balaban J connectivity index is 1.90. The molecule has 0 spiro atoms. The number of benzene rings is 1. The second-order valence-electron chi connectivity index (χ2n) is 6.06. The average molecular weight is 354 g/mol. The molecular weight excluding hydrogens is 336 g/mol. The van der Waals surface area contributed by atoms with Crippen molar-refractivity contribution in [3.63, 3.8) is 0 Å². The molecule has 25 heavy (non-hydrogen) atoms. The molecule has 7 heteroatoms. The van der Waals surface area contributed by atoms with Crippen molar-refractivity contribution in [2.45, 2.75) is 19.8 Å². The van der Waals surface area contributed by atoms with Crippen molar-refractivity contribution in [3.05, 3.63) is 34.8 Å². The van der Waals surface area contributed by atoms with Crippen molar-refractivity contribution < 1.29 is 9.53 Å². The second-order valence-corrected chi connectivity index (χ2v) is 7.30. The highest BCUT2D eigenvalue weighted by molar-refractivity contribution is 7.15. The van der Waals surface area contributed by atoms with Gasteiger partial charge < -0.3 is 9.64 Å². The maximum Gasteiger partial charge on any atom is 0.337 e. The summed E-state index contributed by atoms with van der Waals surface area (Å²) < 4.78 is 4.80. The zero-order valence-corrected chi connectivity index (χ0v) is 15.0. The average Bonchev–Trinajstić information content (AvgIpc) is 3.31. The van der Waals surface area contributed by atoms with Crippen LogP contribution in [0.3, 0.4) is 0 Å². The van der Waals surface area contributed by atoms with E-state index in [1.165, 1.54) is 7.11 Å². The summed E-state index contributed by atoms with van der Waals surface area (Å²) in [6, 6.07) is 5.28. The molecule has 0 N–H and O–H groups in total. The van der Waals surface area contributed by atoms with Gasteiger partial charge in [-0.2, -0.15) is 0 Å². The number of esters is 1. The maximum absolute atomic E-state index is 11.8. The molecule has 4 rings (SSSR count). The molecule has 6 nitrogen and oxygen atoms in total. The summed E-state index contributed by atoms with van der Waals surface area (Å²) in [5.74, 6) is 0.504. The lowest BCUT2D eigenvalue weighted by Gasteiger charge is -2.19. The van der Waals surface area contributed by atoms with Crippen LogP contribution in [0.25, 0.3) is 21.7 Å². The molecule has 128 valence electrons. The van der Waals surface area contributed by atoms with Crippen molar-refractivity contribution in [2.75, 3.05) is 25.1 Å². The van der Waals surface area contributed by atoms with E-state index in [-0.39, 0.29) is 5.97 Å². The first-order valence-corrected chi connectivity index (χ1v) is 9.05. The second kappa shape index (κ2) is 6.40. The van der Waals surface area contributed by atoms with Crippen molar-refractivity contribution in [1.29, 1.82) is 0 Å². The maximum atomic E-state index is 11.8. The molecule has 1 saturated heterocycles. The number of methoxy groups -OCH3 is 1. The van der Waals surface area contributed by atoms with Crippen LogP contribution in [-0.4, -0.2) is 41.1 Å². The van der Waals surface area contributed by atoms with Gasteiger partial charge in [0, 0.05) is 24.2 Å². The van der Waals surface area contributed by atoms with E-state index >= 15 is 0 Å². The minimum atomic E-state index is -0.376. The predicted octanol–water partition coefficient (Wildman–Crippen LogP) is 3.45. The molecule has 0 bridgehead atoms. The van der Waals surface area contributed by atoms with Gasteiger partial charge in [0.15, 0.2) is 5.82 Å². The van der Waals surface area contributed by atoms with E-state index in [2.05, 4.69) is 9.88 Å². The normalized spacial score (nSPS) is 14.2. The third-order valence-corrected chi connectivity index (χ3v) is 5.22. The number of fused-ring (bicyclic) bond motifs is 1. The highest BCUT2D eigenvalue weighted by Gasteiger charge is 2.22. The molecular formula is C18H18N4O2S. The van der Waals surface area contributed by atoms with E-state index < -0.39 is 0 Å². The summed E-state index contributed by atoms with van der Waals surface area (Å²) in [4.78, 5) is 29.4. The fourth-order valence-electron chi connectivity index (χ4n) is 3.05. The molecule has 0 unspecified atom stereocenters. The smallest absolute Gasteiger partial charge is 0.337 e. The first kappa shape index (κ1) is 16.0. The van der Waals surface area contributed by atoms with Crippen LogP contribution in [0.4, 0.5) is 5.82 Å². The Bertz CT molecular complexity index is 947. The molecule has 1 fully saturated rings. The highest BCUT2D eigenvalue weighted by atomic mass is 32.1. The zero-order valence-electron chi connectivity index (χ0n) is 14.2. The zero-order chi connectivity index (χ0) is 17.4. The molecule has 0 saturated carbocycles.